The van der Waals surface area contributed by atoms with E-state index in [2.05, 4.69) is 19.9 Å². The number of carbonyl (C=O) groups excluding carboxylic acids is 1. The van der Waals surface area contributed by atoms with Crippen molar-refractivity contribution in [2.75, 3.05) is 126 Å². The summed E-state index contributed by atoms with van der Waals surface area (Å²) in [6, 6.07) is 14.4. The highest BCUT2D eigenvalue weighted by molar-refractivity contribution is 5.87. The molecular formula is C45H58N6O13. The minimum Gasteiger partial charge on any atom is -0.460 e. The van der Waals surface area contributed by atoms with Gasteiger partial charge in [0.2, 0.25) is 0 Å². The number of rotatable bonds is 34. The number of aromatic nitrogens is 6. The molecule has 346 valence electrons. The second kappa shape index (κ2) is 29.8. The van der Waals surface area contributed by atoms with Gasteiger partial charge in [0.15, 0.2) is 5.52 Å². The van der Waals surface area contributed by atoms with Crippen LogP contribution in [0, 0.1) is 0 Å². The Morgan fingerprint density at radius 2 is 1.05 bits per heavy atom. The number of hydrogen-bond acceptors (Lipinski definition) is 16. The van der Waals surface area contributed by atoms with Gasteiger partial charge in [0.1, 0.15) is 18.1 Å². The predicted octanol–water partition coefficient (Wildman–Crippen LogP) is 2.78. The molecule has 0 bridgehead atoms. The molecule has 1 aromatic carbocycles. The monoisotopic (exact) mass is 890 g/mol. The summed E-state index contributed by atoms with van der Waals surface area (Å²) in [7, 11) is 1.64. The quantitative estimate of drug-likeness (QED) is 0.0358. The van der Waals surface area contributed by atoms with Gasteiger partial charge < -0.3 is 52.4 Å². The lowest BCUT2D eigenvalue weighted by Crippen LogP contribution is -2.40. The van der Waals surface area contributed by atoms with Crippen molar-refractivity contribution < 1.29 is 52.2 Å². The lowest BCUT2D eigenvalue weighted by atomic mass is 10.1. The van der Waals surface area contributed by atoms with Crippen molar-refractivity contribution in [2.24, 2.45) is 0 Å². The van der Waals surface area contributed by atoms with Crippen LogP contribution in [0.1, 0.15) is 16.7 Å². The van der Waals surface area contributed by atoms with Crippen LogP contribution >= 0.6 is 0 Å². The summed E-state index contributed by atoms with van der Waals surface area (Å²) in [4.78, 5) is 55.8. The number of methoxy groups -OCH3 is 1. The van der Waals surface area contributed by atoms with E-state index < -0.39 is 17.2 Å². The van der Waals surface area contributed by atoms with E-state index in [0.717, 1.165) is 15.7 Å². The zero-order chi connectivity index (χ0) is 44.9. The first-order valence-corrected chi connectivity index (χ1v) is 21.1. The highest BCUT2D eigenvalue weighted by atomic mass is 16.6. The Hall–Kier alpha value is -5.48. The fourth-order valence-electron chi connectivity index (χ4n) is 5.89. The third-order valence-corrected chi connectivity index (χ3v) is 9.09. The van der Waals surface area contributed by atoms with Crippen LogP contribution in [-0.2, 0) is 65.3 Å². The molecule has 0 atom stereocenters. The molecule has 0 saturated heterocycles. The predicted molar refractivity (Wildman–Crippen MR) is 235 cm³/mol. The maximum Gasteiger partial charge on any atom is 0.333 e. The number of benzene rings is 1. The molecule has 0 aliphatic heterocycles. The Balaban J connectivity index is 0.898. The zero-order valence-electron chi connectivity index (χ0n) is 36.3. The Morgan fingerprint density at radius 1 is 0.594 bits per heavy atom. The van der Waals surface area contributed by atoms with Crippen LogP contribution in [-0.4, -0.2) is 161 Å². The van der Waals surface area contributed by atoms with E-state index in [1.54, 1.807) is 80.4 Å². The van der Waals surface area contributed by atoms with Crippen molar-refractivity contribution >= 4 is 23.2 Å². The van der Waals surface area contributed by atoms with E-state index in [1.807, 2.05) is 6.07 Å². The van der Waals surface area contributed by atoms with Crippen molar-refractivity contribution in [1.29, 1.82) is 0 Å². The van der Waals surface area contributed by atoms with Gasteiger partial charge in [0.05, 0.1) is 125 Å². The van der Waals surface area contributed by atoms with Crippen molar-refractivity contribution in [1.82, 2.24) is 29.1 Å². The fraction of sp³-hybridized carbons (Fsp3) is 0.467. The summed E-state index contributed by atoms with van der Waals surface area (Å²) >= 11 is 0. The summed E-state index contributed by atoms with van der Waals surface area (Å²) in [5, 5.41) is 0. The Kier molecular flexibility index (Phi) is 23.1. The first-order chi connectivity index (χ1) is 31.5. The van der Waals surface area contributed by atoms with Gasteiger partial charge in [-0.2, -0.15) is 0 Å². The standard InChI is InChI=1S/C45H58N6O13/c1-55-14-15-56-16-17-57-18-19-58-20-21-59-22-23-60-24-25-61-26-27-62-28-29-63-30-31-64-40(52)11-8-36-6-9-39(10-7-36)42-48-41-43(49-42)50(34-37-4-2-12-46-32-37)45(54)51(44(41)53)35-38-5-3-13-47-33-38/h2-13,32-33H,14-31,34-35H2,1H3,(H,48,49)/b11-8+. The molecule has 0 unspecified atom stereocenters. The third kappa shape index (κ3) is 17.9. The SMILES string of the molecule is COCCOCCOCCOCCOCCOCCOCCOCCOCCOC(=O)/C=C/c1ccc(-c2nc3c(=O)n(Cc4cccnc4)c(=O)n(Cc4cccnc4)c3[nH]2)cc1. The molecule has 0 fully saturated rings. The number of nitrogens with one attached hydrogen (secondary N) is 1. The van der Waals surface area contributed by atoms with Gasteiger partial charge in [0.25, 0.3) is 5.56 Å². The summed E-state index contributed by atoms with van der Waals surface area (Å²) in [5.41, 5.74) is 2.33. The normalized spacial score (nSPS) is 11.6. The minimum atomic E-state index is -0.516. The van der Waals surface area contributed by atoms with Gasteiger partial charge in [-0.1, -0.05) is 36.4 Å². The Bertz CT molecular complexity index is 2200. The fourth-order valence-corrected chi connectivity index (χ4v) is 5.89. The molecule has 19 nitrogen and oxygen atoms in total. The molecule has 0 spiro atoms. The molecule has 0 aliphatic carbocycles. The lowest BCUT2D eigenvalue weighted by Gasteiger charge is -2.11. The van der Waals surface area contributed by atoms with Gasteiger partial charge in [-0.3, -0.25) is 23.9 Å². The molecule has 0 saturated carbocycles. The number of imidazole rings is 1. The van der Waals surface area contributed by atoms with Crippen LogP contribution in [0.5, 0.6) is 0 Å². The Morgan fingerprint density at radius 3 is 1.50 bits per heavy atom. The molecule has 5 aromatic rings. The molecule has 1 N–H and O–H groups in total. The molecule has 4 aromatic heterocycles. The number of pyridine rings is 2. The van der Waals surface area contributed by atoms with Crippen LogP contribution in [0.4, 0.5) is 0 Å². The summed E-state index contributed by atoms with van der Waals surface area (Å²) in [5.74, 6) is -0.101. The molecule has 0 radical (unpaired) electrons. The van der Waals surface area contributed by atoms with Gasteiger partial charge in [-0.05, 0) is 34.9 Å². The van der Waals surface area contributed by atoms with Gasteiger partial charge in [-0.15, -0.1) is 0 Å². The van der Waals surface area contributed by atoms with E-state index in [4.69, 9.17) is 47.4 Å². The smallest absolute Gasteiger partial charge is 0.333 e. The van der Waals surface area contributed by atoms with Crippen LogP contribution in [0.15, 0.2) is 89.0 Å². The van der Waals surface area contributed by atoms with Crippen molar-refractivity contribution in [2.45, 2.75) is 13.1 Å². The lowest BCUT2D eigenvalue weighted by molar-refractivity contribution is -0.139. The highest BCUT2D eigenvalue weighted by Gasteiger charge is 2.19. The van der Waals surface area contributed by atoms with Crippen molar-refractivity contribution in [3.8, 4) is 11.4 Å². The van der Waals surface area contributed by atoms with Crippen LogP contribution in [0.25, 0.3) is 28.6 Å². The number of H-pyrrole nitrogens is 1. The van der Waals surface area contributed by atoms with E-state index in [9.17, 15) is 14.4 Å². The van der Waals surface area contributed by atoms with Crippen LogP contribution in [0.3, 0.4) is 0 Å². The average Bonchev–Trinajstić information content (AvgIpc) is 3.77. The van der Waals surface area contributed by atoms with Crippen LogP contribution < -0.4 is 11.2 Å². The van der Waals surface area contributed by atoms with Crippen molar-refractivity contribution in [3.63, 3.8) is 0 Å². The number of hydrogen-bond donors (Lipinski definition) is 1. The van der Waals surface area contributed by atoms with Crippen LogP contribution in [0.2, 0.25) is 0 Å². The van der Waals surface area contributed by atoms with Gasteiger partial charge >= 0.3 is 11.7 Å². The number of esters is 1. The Labute approximate surface area is 371 Å². The molecule has 19 heteroatoms. The van der Waals surface area contributed by atoms with E-state index in [0.29, 0.717) is 128 Å². The molecule has 64 heavy (non-hydrogen) atoms. The van der Waals surface area contributed by atoms with E-state index in [-0.39, 0.29) is 31.8 Å². The topological polar surface area (TPSA) is 208 Å². The average molecular weight is 891 g/mol. The largest absolute Gasteiger partial charge is 0.460 e. The maximum atomic E-state index is 13.7. The zero-order valence-corrected chi connectivity index (χ0v) is 36.3. The number of ether oxygens (including phenoxy) is 10. The minimum absolute atomic E-state index is 0.0421. The number of aromatic amines is 1. The summed E-state index contributed by atoms with van der Waals surface area (Å²) < 4.78 is 56.4. The molecule has 0 amide bonds. The number of fused-ring (bicyclic) bond motifs is 1. The maximum absolute atomic E-state index is 13.7. The summed E-state index contributed by atoms with van der Waals surface area (Å²) in [6.45, 7) is 8.18. The highest BCUT2D eigenvalue weighted by Crippen LogP contribution is 2.20. The molecule has 0 aliphatic rings. The number of carbonyl (C=O) groups is 1. The third-order valence-electron chi connectivity index (χ3n) is 9.09. The second-order valence-corrected chi connectivity index (χ2v) is 13.8. The number of nitrogens with zero attached hydrogens (tertiary/aromatic N) is 5. The molecule has 4 heterocycles. The second-order valence-electron chi connectivity index (χ2n) is 13.8. The van der Waals surface area contributed by atoms with E-state index in [1.165, 1.54) is 10.6 Å². The molecule has 5 rings (SSSR count). The van der Waals surface area contributed by atoms with Gasteiger partial charge in [-0.25, -0.2) is 14.6 Å². The molecular weight excluding hydrogens is 833 g/mol. The van der Waals surface area contributed by atoms with Gasteiger partial charge in [0, 0.05) is 43.5 Å². The van der Waals surface area contributed by atoms with Crippen molar-refractivity contribution in [3.05, 3.63) is 117 Å². The summed E-state index contributed by atoms with van der Waals surface area (Å²) in [6.07, 6.45) is 9.53. The first kappa shape index (κ1) is 49.5. The first-order valence-electron chi connectivity index (χ1n) is 21.1. The van der Waals surface area contributed by atoms with E-state index >= 15 is 0 Å².